The van der Waals surface area contributed by atoms with Crippen LogP contribution in [-0.4, -0.2) is 11.7 Å². The second-order valence-corrected chi connectivity index (χ2v) is 5.74. The SMILES string of the molecule is CCOc1cc(CNc2ccc(C)cc2)cc(I)c1O. The fraction of sp³-hybridized carbons (Fsp3) is 0.250. The van der Waals surface area contributed by atoms with Crippen LogP contribution in [0.5, 0.6) is 11.5 Å². The van der Waals surface area contributed by atoms with Crippen molar-refractivity contribution in [1.82, 2.24) is 0 Å². The molecule has 0 aliphatic carbocycles. The maximum absolute atomic E-state index is 9.92. The summed E-state index contributed by atoms with van der Waals surface area (Å²) in [6.45, 7) is 5.21. The molecule has 0 amide bonds. The predicted molar refractivity (Wildman–Crippen MR) is 90.5 cm³/mol. The average Bonchev–Trinajstić information content (AvgIpc) is 2.44. The Hall–Kier alpha value is -1.43. The Morgan fingerprint density at radius 3 is 2.55 bits per heavy atom. The summed E-state index contributed by atoms with van der Waals surface area (Å²) in [7, 11) is 0. The minimum atomic E-state index is 0.214. The van der Waals surface area contributed by atoms with Gasteiger partial charge in [-0.05, 0) is 66.3 Å². The summed E-state index contributed by atoms with van der Waals surface area (Å²) in [5, 5.41) is 13.3. The molecule has 20 heavy (non-hydrogen) atoms. The number of ether oxygens (including phenoxy) is 1. The molecule has 0 radical (unpaired) electrons. The summed E-state index contributed by atoms with van der Waals surface area (Å²) in [4.78, 5) is 0. The van der Waals surface area contributed by atoms with E-state index in [0.717, 1.165) is 14.8 Å². The minimum Gasteiger partial charge on any atom is -0.504 e. The maximum atomic E-state index is 9.92. The highest BCUT2D eigenvalue weighted by atomic mass is 127. The molecule has 0 aromatic heterocycles. The van der Waals surface area contributed by atoms with Gasteiger partial charge in [0.2, 0.25) is 0 Å². The molecule has 0 atom stereocenters. The van der Waals surface area contributed by atoms with Gasteiger partial charge < -0.3 is 15.2 Å². The Bertz CT molecular complexity index is 582. The standard InChI is InChI=1S/C16H18INO2/c1-3-20-15-9-12(8-14(17)16(15)19)10-18-13-6-4-11(2)5-7-13/h4-9,18-19H,3,10H2,1-2H3. The van der Waals surface area contributed by atoms with E-state index in [1.54, 1.807) is 0 Å². The van der Waals surface area contributed by atoms with Crippen LogP contribution in [0.4, 0.5) is 5.69 Å². The van der Waals surface area contributed by atoms with Crippen molar-refractivity contribution in [2.75, 3.05) is 11.9 Å². The second kappa shape index (κ2) is 6.83. The van der Waals surface area contributed by atoms with Crippen molar-refractivity contribution in [2.24, 2.45) is 0 Å². The van der Waals surface area contributed by atoms with E-state index < -0.39 is 0 Å². The zero-order valence-electron chi connectivity index (χ0n) is 11.6. The zero-order valence-corrected chi connectivity index (χ0v) is 13.8. The Labute approximate surface area is 133 Å². The number of aryl methyl sites for hydroxylation is 1. The van der Waals surface area contributed by atoms with Gasteiger partial charge in [-0.1, -0.05) is 17.7 Å². The van der Waals surface area contributed by atoms with Crippen molar-refractivity contribution < 1.29 is 9.84 Å². The van der Waals surface area contributed by atoms with Crippen molar-refractivity contribution in [3.8, 4) is 11.5 Å². The van der Waals surface area contributed by atoms with Crippen LogP contribution < -0.4 is 10.1 Å². The summed E-state index contributed by atoms with van der Waals surface area (Å²) in [5.41, 5.74) is 3.40. The second-order valence-electron chi connectivity index (χ2n) is 4.58. The topological polar surface area (TPSA) is 41.5 Å². The van der Waals surface area contributed by atoms with Crippen LogP contribution in [0, 0.1) is 10.5 Å². The molecule has 0 unspecified atom stereocenters. The normalized spacial score (nSPS) is 10.3. The van der Waals surface area contributed by atoms with Crippen LogP contribution in [0.25, 0.3) is 0 Å². The van der Waals surface area contributed by atoms with Crippen molar-refractivity contribution in [1.29, 1.82) is 0 Å². The van der Waals surface area contributed by atoms with Crippen molar-refractivity contribution in [3.05, 3.63) is 51.1 Å². The summed E-state index contributed by atoms with van der Waals surface area (Å²) < 4.78 is 6.24. The lowest BCUT2D eigenvalue weighted by Crippen LogP contribution is -2.01. The monoisotopic (exact) mass is 383 g/mol. The van der Waals surface area contributed by atoms with Gasteiger partial charge in [-0.25, -0.2) is 0 Å². The minimum absolute atomic E-state index is 0.214. The lowest BCUT2D eigenvalue weighted by Gasteiger charge is -2.12. The van der Waals surface area contributed by atoms with E-state index in [4.69, 9.17) is 4.74 Å². The van der Waals surface area contributed by atoms with Gasteiger partial charge in [0.25, 0.3) is 0 Å². The summed E-state index contributed by atoms with van der Waals surface area (Å²) >= 11 is 2.12. The molecule has 2 N–H and O–H groups in total. The number of hydrogen-bond donors (Lipinski definition) is 2. The van der Waals surface area contributed by atoms with Gasteiger partial charge in [-0.2, -0.15) is 0 Å². The third-order valence-corrected chi connectivity index (χ3v) is 3.76. The van der Waals surface area contributed by atoms with Gasteiger partial charge in [-0.3, -0.25) is 0 Å². The molecule has 2 rings (SSSR count). The number of phenols is 1. The highest BCUT2D eigenvalue weighted by Crippen LogP contribution is 2.32. The molecule has 0 fully saturated rings. The van der Waals surface area contributed by atoms with E-state index in [0.29, 0.717) is 18.9 Å². The first kappa shape index (κ1) is 15.0. The largest absolute Gasteiger partial charge is 0.504 e. The first-order chi connectivity index (χ1) is 9.60. The van der Waals surface area contributed by atoms with E-state index in [1.807, 2.05) is 19.1 Å². The number of benzene rings is 2. The summed E-state index contributed by atoms with van der Waals surface area (Å²) in [6, 6.07) is 12.1. The van der Waals surface area contributed by atoms with Gasteiger partial charge in [-0.15, -0.1) is 0 Å². The molecule has 0 saturated heterocycles. The smallest absolute Gasteiger partial charge is 0.171 e. The number of anilines is 1. The third-order valence-electron chi connectivity index (χ3n) is 2.94. The molecule has 0 aliphatic rings. The zero-order chi connectivity index (χ0) is 14.5. The number of nitrogens with one attached hydrogen (secondary N) is 1. The van der Waals surface area contributed by atoms with Crippen LogP contribution in [-0.2, 0) is 6.54 Å². The molecule has 106 valence electrons. The molecule has 0 spiro atoms. The predicted octanol–water partition coefficient (Wildman–Crippen LogP) is 4.32. The fourth-order valence-electron chi connectivity index (χ4n) is 1.87. The Morgan fingerprint density at radius 2 is 1.90 bits per heavy atom. The first-order valence-electron chi connectivity index (χ1n) is 6.55. The number of phenolic OH excluding ortho intramolecular Hbond substituents is 1. The molecule has 0 saturated carbocycles. The van der Waals surface area contributed by atoms with E-state index in [2.05, 4.69) is 59.1 Å². The first-order valence-corrected chi connectivity index (χ1v) is 7.62. The molecule has 2 aromatic rings. The Kier molecular flexibility index (Phi) is 5.11. The van der Waals surface area contributed by atoms with Crippen molar-refractivity contribution in [3.63, 3.8) is 0 Å². The van der Waals surface area contributed by atoms with E-state index >= 15 is 0 Å². The molecular formula is C16H18INO2. The van der Waals surface area contributed by atoms with E-state index in [9.17, 15) is 5.11 Å². The maximum Gasteiger partial charge on any atom is 0.171 e. The van der Waals surface area contributed by atoms with Crippen LogP contribution in [0.2, 0.25) is 0 Å². The molecular weight excluding hydrogens is 365 g/mol. The highest BCUT2D eigenvalue weighted by molar-refractivity contribution is 14.1. The molecule has 0 bridgehead atoms. The third kappa shape index (κ3) is 3.79. The Balaban J connectivity index is 2.11. The summed E-state index contributed by atoms with van der Waals surface area (Å²) in [6.07, 6.45) is 0. The van der Waals surface area contributed by atoms with Crippen molar-refractivity contribution in [2.45, 2.75) is 20.4 Å². The number of rotatable bonds is 5. The molecule has 4 heteroatoms. The average molecular weight is 383 g/mol. The lowest BCUT2D eigenvalue weighted by molar-refractivity contribution is 0.317. The van der Waals surface area contributed by atoms with Crippen molar-refractivity contribution >= 4 is 28.3 Å². The van der Waals surface area contributed by atoms with E-state index in [-0.39, 0.29) is 5.75 Å². The number of halogens is 1. The van der Waals surface area contributed by atoms with Gasteiger partial charge in [0, 0.05) is 12.2 Å². The molecule has 3 nitrogen and oxygen atoms in total. The summed E-state index contributed by atoms with van der Waals surface area (Å²) in [5.74, 6) is 0.756. The van der Waals surface area contributed by atoms with Crippen LogP contribution in [0.15, 0.2) is 36.4 Å². The van der Waals surface area contributed by atoms with Gasteiger partial charge in [0.05, 0.1) is 10.2 Å². The van der Waals surface area contributed by atoms with Crippen LogP contribution >= 0.6 is 22.6 Å². The van der Waals surface area contributed by atoms with E-state index in [1.165, 1.54) is 5.56 Å². The quantitative estimate of drug-likeness (QED) is 0.756. The number of hydrogen-bond acceptors (Lipinski definition) is 3. The molecule has 2 aromatic carbocycles. The van der Waals surface area contributed by atoms with Crippen LogP contribution in [0.1, 0.15) is 18.1 Å². The lowest BCUT2D eigenvalue weighted by atomic mass is 10.2. The van der Waals surface area contributed by atoms with Gasteiger partial charge in [0.1, 0.15) is 0 Å². The highest BCUT2D eigenvalue weighted by Gasteiger charge is 2.09. The van der Waals surface area contributed by atoms with Gasteiger partial charge >= 0.3 is 0 Å². The van der Waals surface area contributed by atoms with Gasteiger partial charge in [0.15, 0.2) is 11.5 Å². The number of aromatic hydroxyl groups is 1. The Morgan fingerprint density at radius 1 is 1.20 bits per heavy atom. The molecule has 0 aliphatic heterocycles. The van der Waals surface area contributed by atoms with Crippen LogP contribution in [0.3, 0.4) is 0 Å². The fourth-order valence-corrected chi connectivity index (χ4v) is 2.54. The molecule has 0 heterocycles.